The summed E-state index contributed by atoms with van der Waals surface area (Å²) in [6, 6.07) is 10.4. The molecule has 0 aromatic heterocycles. The molecule has 0 bridgehead atoms. The number of nitrogens with zero attached hydrogens (tertiary/aromatic N) is 1. The maximum Gasteiger partial charge on any atom is 0.209 e. The number of rotatable bonds is 5. The van der Waals surface area contributed by atoms with Gasteiger partial charge in [0.1, 0.15) is 0 Å². The van der Waals surface area contributed by atoms with Crippen molar-refractivity contribution in [2.75, 3.05) is 11.6 Å². The highest BCUT2D eigenvalue weighted by Gasteiger charge is 2.21. The van der Waals surface area contributed by atoms with E-state index in [2.05, 4.69) is 16.1 Å². The molecule has 2 atom stereocenters. The largest absolute Gasteiger partial charge is 0.382 e. The van der Waals surface area contributed by atoms with Crippen molar-refractivity contribution in [3.63, 3.8) is 0 Å². The lowest BCUT2D eigenvalue weighted by Crippen LogP contribution is -2.26. The second kappa shape index (κ2) is 6.92. The smallest absolute Gasteiger partial charge is 0.209 e. The maximum atomic E-state index is 11.0. The minimum Gasteiger partial charge on any atom is -0.382 e. The molecule has 114 valence electrons. The zero-order chi connectivity index (χ0) is 15.3. The first-order chi connectivity index (χ1) is 9.96. The molecule has 21 heavy (non-hydrogen) atoms. The molecule has 1 aromatic rings. The second-order valence-electron chi connectivity index (χ2n) is 5.62. The summed E-state index contributed by atoms with van der Waals surface area (Å²) in [5.41, 5.74) is 1.94. The van der Waals surface area contributed by atoms with Crippen LogP contribution in [0, 0.1) is 17.2 Å². The third-order valence-corrected chi connectivity index (χ3v) is 4.39. The van der Waals surface area contributed by atoms with Gasteiger partial charge in [0.15, 0.2) is 0 Å². The molecule has 1 fully saturated rings. The van der Waals surface area contributed by atoms with Gasteiger partial charge in [-0.1, -0.05) is 18.6 Å². The molecule has 1 saturated carbocycles. The Morgan fingerprint density at radius 1 is 1.29 bits per heavy atom. The van der Waals surface area contributed by atoms with Gasteiger partial charge in [0.2, 0.25) is 10.0 Å². The van der Waals surface area contributed by atoms with Gasteiger partial charge in [-0.15, -0.1) is 0 Å². The van der Waals surface area contributed by atoms with Crippen molar-refractivity contribution in [2.45, 2.75) is 38.3 Å². The van der Waals surface area contributed by atoms with Crippen molar-refractivity contribution in [2.24, 2.45) is 5.92 Å². The Morgan fingerprint density at radius 2 is 2.00 bits per heavy atom. The van der Waals surface area contributed by atoms with Gasteiger partial charge in [0, 0.05) is 24.2 Å². The van der Waals surface area contributed by atoms with Gasteiger partial charge in [0.25, 0.3) is 0 Å². The fraction of sp³-hybridized carbons (Fsp3) is 0.533. The molecule has 0 spiro atoms. The highest BCUT2D eigenvalue weighted by atomic mass is 32.2. The van der Waals surface area contributed by atoms with Gasteiger partial charge < -0.3 is 5.32 Å². The minimum atomic E-state index is -3.16. The van der Waals surface area contributed by atoms with Crippen LogP contribution in [-0.2, 0) is 16.6 Å². The van der Waals surface area contributed by atoms with E-state index < -0.39 is 10.0 Å². The average Bonchev–Trinajstić information content (AvgIpc) is 2.46. The lowest BCUT2D eigenvalue weighted by molar-refractivity contribution is 0.395. The van der Waals surface area contributed by atoms with E-state index in [1.54, 1.807) is 0 Å². The van der Waals surface area contributed by atoms with E-state index in [-0.39, 0.29) is 5.92 Å². The van der Waals surface area contributed by atoms with Gasteiger partial charge in [-0.05, 0) is 37.0 Å². The summed E-state index contributed by atoms with van der Waals surface area (Å²) >= 11 is 0. The Labute approximate surface area is 126 Å². The Hall–Kier alpha value is -1.58. The van der Waals surface area contributed by atoms with Crippen molar-refractivity contribution < 1.29 is 8.42 Å². The lowest BCUT2D eigenvalue weighted by Gasteiger charge is -2.27. The molecule has 0 radical (unpaired) electrons. The summed E-state index contributed by atoms with van der Waals surface area (Å²) in [6.07, 6.45) is 5.23. The predicted octanol–water partition coefficient (Wildman–Crippen LogP) is 2.23. The van der Waals surface area contributed by atoms with Crippen LogP contribution in [0.15, 0.2) is 24.3 Å². The van der Waals surface area contributed by atoms with E-state index in [0.29, 0.717) is 12.6 Å². The molecular weight excluding hydrogens is 286 g/mol. The first-order valence-electron chi connectivity index (χ1n) is 7.16. The van der Waals surface area contributed by atoms with Crippen molar-refractivity contribution in [1.82, 2.24) is 4.72 Å². The third kappa shape index (κ3) is 5.37. The highest BCUT2D eigenvalue weighted by molar-refractivity contribution is 7.88. The van der Waals surface area contributed by atoms with Crippen LogP contribution >= 0.6 is 0 Å². The molecule has 0 aliphatic heterocycles. The van der Waals surface area contributed by atoms with Crippen LogP contribution in [0.4, 0.5) is 5.69 Å². The van der Waals surface area contributed by atoms with E-state index in [1.807, 2.05) is 24.3 Å². The van der Waals surface area contributed by atoms with Gasteiger partial charge in [-0.3, -0.25) is 0 Å². The Balaban J connectivity index is 1.89. The van der Waals surface area contributed by atoms with Crippen molar-refractivity contribution in [1.29, 1.82) is 5.26 Å². The molecular formula is C15H21N3O2S. The molecule has 2 rings (SSSR count). The Bertz CT molecular complexity index is 605. The fourth-order valence-electron chi connectivity index (χ4n) is 2.61. The molecule has 0 unspecified atom stereocenters. The number of sulfonamides is 1. The van der Waals surface area contributed by atoms with Crippen LogP contribution in [0.2, 0.25) is 0 Å². The first kappa shape index (κ1) is 15.8. The van der Waals surface area contributed by atoms with Crippen molar-refractivity contribution in [3.8, 4) is 6.07 Å². The molecule has 5 nitrogen and oxygen atoms in total. The van der Waals surface area contributed by atoms with Crippen LogP contribution < -0.4 is 10.0 Å². The van der Waals surface area contributed by atoms with E-state index in [0.717, 1.165) is 43.2 Å². The quantitative estimate of drug-likeness (QED) is 0.874. The van der Waals surface area contributed by atoms with Gasteiger partial charge in [-0.25, -0.2) is 13.1 Å². The van der Waals surface area contributed by atoms with Crippen LogP contribution in [-0.4, -0.2) is 20.7 Å². The maximum absolute atomic E-state index is 11.0. The number of nitriles is 1. The van der Waals surface area contributed by atoms with Crippen LogP contribution in [0.1, 0.15) is 31.2 Å². The molecule has 0 saturated heterocycles. The number of nitrogens with one attached hydrogen (secondary N) is 2. The molecule has 0 amide bonds. The first-order valence-corrected chi connectivity index (χ1v) is 9.05. The topological polar surface area (TPSA) is 82.0 Å². The number of hydrogen-bond donors (Lipinski definition) is 2. The van der Waals surface area contributed by atoms with Crippen molar-refractivity contribution >= 4 is 15.7 Å². The Kier molecular flexibility index (Phi) is 5.21. The third-order valence-electron chi connectivity index (χ3n) is 3.72. The number of anilines is 1. The Morgan fingerprint density at radius 3 is 2.62 bits per heavy atom. The van der Waals surface area contributed by atoms with Gasteiger partial charge in [0.05, 0.1) is 12.3 Å². The molecule has 1 aliphatic carbocycles. The highest BCUT2D eigenvalue weighted by Crippen LogP contribution is 2.26. The molecule has 0 heterocycles. The molecule has 1 aromatic carbocycles. The number of hydrogen-bond acceptors (Lipinski definition) is 4. The summed E-state index contributed by atoms with van der Waals surface area (Å²) < 4.78 is 24.6. The standard InChI is InChI=1S/C15H21N3O2S/c1-21(19,20)17-11-12-5-7-14(8-6-12)18-15-4-2-3-13(9-15)10-16/h5-8,13,15,17-18H,2-4,9,11H2,1H3/t13-,15-/m0/s1. The predicted molar refractivity (Wildman–Crippen MR) is 83.1 cm³/mol. The normalized spacial score (nSPS) is 22.5. The van der Waals surface area contributed by atoms with E-state index in [4.69, 9.17) is 5.26 Å². The summed E-state index contributed by atoms with van der Waals surface area (Å²) in [4.78, 5) is 0. The zero-order valence-electron chi connectivity index (χ0n) is 12.2. The monoisotopic (exact) mass is 307 g/mol. The van der Waals surface area contributed by atoms with Gasteiger partial charge in [-0.2, -0.15) is 5.26 Å². The summed E-state index contributed by atoms with van der Waals surface area (Å²) in [7, 11) is -3.16. The minimum absolute atomic E-state index is 0.162. The summed E-state index contributed by atoms with van der Waals surface area (Å²) in [5.74, 6) is 0.162. The van der Waals surface area contributed by atoms with Crippen molar-refractivity contribution in [3.05, 3.63) is 29.8 Å². The summed E-state index contributed by atoms with van der Waals surface area (Å²) in [6.45, 7) is 0.305. The summed E-state index contributed by atoms with van der Waals surface area (Å²) in [5, 5.41) is 12.5. The van der Waals surface area contributed by atoms with E-state index in [1.165, 1.54) is 0 Å². The van der Waals surface area contributed by atoms with Crippen LogP contribution in [0.25, 0.3) is 0 Å². The van der Waals surface area contributed by atoms with E-state index >= 15 is 0 Å². The fourth-order valence-corrected chi connectivity index (χ4v) is 3.04. The van der Waals surface area contributed by atoms with E-state index in [9.17, 15) is 8.42 Å². The second-order valence-corrected chi connectivity index (χ2v) is 7.46. The zero-order valence-corrected chi connectivity index (χ0v) is 13.0. The van der Waals surface area contributed by atoms with Crippen LogP contribution in [0.5, 0.6) is 0 Å². The SMILES string of the molecule is CS(=O)(=O)NCc1ccc(N[C@H]2CCC[C@H](C#N)C2)cc1. The van der Waals surface area contributed by atoms with Gasteiger partial charge >= 0.3 is 0 Å². The molecule has 2 N–H and O–H groups in total. The molecule has 1 aliphatic rings. The average molecular weight is 307 g/mol. The van der Waals surface area contributed by atoms with Crippen LogP contribution in [0.3, 0.4) is 0 Å². The lowest BCUT2D eigenvalue weighted by atomic mass is 9.86. The molecule has 6 heteroatoms. The number of benzene rings is 1.